The Labute approximate surface area is 46.1 Å². The molecule has 8 heavy (non-hydrogen) atoms. The topological polar surface area (TPSA) is 29.1 Å². The predicted octanol–water partition coefficient (Wildman–Crippen LogP) is 1.39. The van der Waals surface area contributed by atoms with E-state index in [1.807, 2.05) is 0 Å². The van der Waals surface area contributed by atoms with Gasteiger partial charge in [0, 0.05) is 0 Å². The van der Waals surface area contributed by atoms with Crippen LogP contribution in [0.4, 0.5) is 8.78 Å². The lowest BCUT2D eigenvalue weighted by molar-refractivity contribution is -0.410. The van der Waals surface area contributed by atoms with Crippen LogP contribution in [0.15, 0.2) is 0 Å². The van der Waals surface area contributed by atoms with Gasteiger partial charge in [0.2, 0.25) is 0 Å². The molecule has 0 bridgehead atoms. The van der Waals surface area contributed by atoms with Gasteiger partial charge >= 0.3 is 6.29 Å². The summed E-state index contributed by atoms with van der Waals surface area (Å²) in [5, 5.41) is 9.36. The molecule has 0 heterocycles. The second-order valence-electron chi connectivity index (χ2n) is 1.63. The number of alkyl halides is 2. The largest absolute Gasteiger partial charge is 0.512 e. The highest BCUT2D eigenvalue weighted by molar-refractivity contribution is 4.35. The van der Waals surface area contributed by atoms with Crippen molar-refractivity contribution >= 4 is 0 Å². The SMILES string of the molecule is CC(C)OC([O])(F)F. The van der Waals surface area contributed by atoms with Gasteiger partial charge in [-0.2, -0.15) is 0 Å². The molecule has 0 aromatic rings. The molecule has 0 N–H and O–H groups in total. The van der Waals surface area contributed by atoms with E-state index in [1.54, 1.807) is 0 Å². The van der Waals surface area contributed by atoms with Crippen LogP contribution >= 0.6 is 0 Å². The molecule has 0 aromatic heterocycles. The standard InChI is InChI=1S/C4H7F2O2/c1-3(2)8-4(5,6)7/h3H,1-2H3. The minimum Gasteiger partial charge on any atom is -0.291 e. The maximum Gasteiger partial charge on any atom is 0.512 e. The van der Waals surface area contributed by atoms with Crippen LogP contribution in [0.25, 0.3) is 0 Å². The fraction of sp³-hybridized carbons (Fsp3) is 1.00. The van der Waals surface area contributed by atoms with Crippen molar-refractivity contribution in [1.29, 1.82) is 0 Å². The minimum absolute atomic E-state index is 0.720. The Balaban J connectivity index is 3.39. The van der Waals surface area contributed by atoms with Crippen molar-refractivity contribution in [2.24, 2.45) is 0 Å². The van der Waals surface area contributed by atoms with Gasteiger partial charge in [0.1, 0.15) is 0 Å². The highest BCUT2D eigenvalue weighted by Crippen LogP contribution is 2.12. The van der Waals surface area contributed by atoms with Crippen LogP contribution in [0, 0.1) is 0 Å². The zero-order valence-electron chi connectivity index (χ0n) is 4.65. The molecule has 0 fully saturated rings. The summed E-state index contributed by atoms with van der Waals surface area (Å²) in [7, 11) is 0. The molecule has 0 aliphatic rings. The van der Waals surface area contributed by atoms with Gasteiger partial charge in [-0.3, -0.25) is 4.74 Å². The fourth-order valence-corrected chi connectivity index (χ4v) is 0.274. The molecule has 0 saturated carbocycles. The molecule has 0 aliphatic carbocycles. The summed E-state index contributed by atoms with van der Waals surface area (Å²) in [6.07, 6.45) is -4.95. The van der Waals surface area contributed by atoms with Crippen molar-refractivity contribution in [3.8, 4) is 0 Å². The number of halogens is 2. The van der Waals surface area contributed by atoms with Gasteiger partial charge in [0.15, 0.2) is 0 Å². The van der Waals surface area contributed by atoms with Gasteiger partial charge in [0.05, 0.1) is 6.10 Å². The van der Waals surface area contributed by atoms with Crippen molar-refractivity contribution in [1.82, 2.24) is 0 Å². The van der Waals surface area contributed by atoms with E-state index in [2.05, 4.69) is 4.74 Å². The number of hydrogen-bond acceptors (Lipinski definition) is 1. The minimum atomic E-state index is -4.23. The van der Waals surface area contributed by atoms with Crippen LogP contribution in [0.3, 0.4) is 0 Å². The fourth-order valence-electron chi connectivity index (χ4n) is 0.274. The van der Waals surface area contributed by atoms with E-state index in [0.29, 0.717) is 0 Å². The molecule has 0 atom stereocenters. The van der Waals surface area contributed by atoms with Gasteiger partial charge in [-0.25, -0.2) is 0 Å². The Bertz CT molecular complexity index is 66.9. The molecule has 0 aromatic carbocycles. The summed E-state index contributed by atoms with van der Waals surface area (Å²) in [6, 6.07) is 0. The summed E-state index contributed by atoms with van der Waals surface area (Å²) in [4.78, 5) is 0. The molecule has 4 heteroatoms. The van der Waals surface area contributed by atoms with E-state index in [4.69, 9.17) is 0 Å². The average Bonchev–Trinajstić information content (AvgIpc) is 1.21. The first-order valence-corrected chi connectivity index (χ1v) is 2.18. The van der Waals surface area contributed by atoms with Crippen molar-refractivity contribution in [2.75, 3.05) is 0 Å². The summed E-state index contributed by atoms with van der Waals surface area (Å²) < 4.78 is 25.9. The van der Waals surface area contributed by atoms with E-state index in [0.717, 1.165) is 0 Å². The quantitative estimate of drug-likeness (QED) is 0.513. The molecule has 0 aliphatic heterocycles. The molecular weight excluding hydrogens is 118 g/mol. The molecule has 2 nitrogen and oxygen atoms in total. The van der Waals surface area contributed by atoms with Crippen LogP contribution < -0.4 is 0 Å². The van der Waals surface area contributed by atoms with Crippen LogP contribution in [0.2, 0.25) is 0 Å². The smallest absolute Gasteiger partial charge is 0.291 e. The lowest BCUT2D eigenvalue weighted by Crippen LogP contribution is -2.21. The lowest BCUT2D eigenvalue weighted by Gasteiger charge is -2.09. The number of hydrogen-bond donors (Lipinski definition) is 0. The van der Waals surface area contributed by atoms with Crippen LogP contribution in [-0.4, -0.2) is 12.4 Å². The Morgan fingerprint density at radius 3 is 1.88 bits per heavy atom. The first kappa shape index (κ1) is 7.78. The zero-order valence-corrected chi connectivity index (χ0v) is 4.65. The molecule has 0 rings (SSSR count). The normalized spacial score (nSPS) is 12.8. The molecule has 0 unspecified atom stereocenters. The molecule has 0 saturated heterocycles. The third-order valence-corrected chi connectivity index (χ3v) is 0.373. The second kappa shape index (κ2) is 2.37. The predicted molar refractivity (Wildman–Crippen MR) is 21.9 cm³/mol. The first-order chi connectivity index (χ1) is 3.42. The van der Waals surface area contributed by atoms with Crippen LogP contribution in [-0.2, 0) is 9.84 Å². The van der Waals surface area contributed by atoms with E-state index >= 15 is 0 Å². The first-order valence-electron chi connectivity index (χ1n) is 2.18. The summed E-state index contributed by atoms with van der Waals surface area (Å²) in [5.74, 6) is 0. The molecule has 1 radical (unpaired) electrons. The third kappa shape index (κ3) is 5.78. The van der Waals surface area contributed by atoms with Crippen molar-refractivity contribution in [3.05, 3.63) is 0 Å². The molecular formula is C4H7F2O2. The maximum atomic E-state index is 11.2. The third-order valence-electron chi connectivity index (χ3n) is 0.373. The van der Waals surface area contributed by atoms with E-state index in [1.165, 1.54) is 13.8 Å². The maximum absolute atomic E-state index is 11.2. The summed E-state index contributed by atoms with van der Waals surface area (Å²) >= 11 is 0. The summed E-state index contributed by atoms with van der Waals surface area (Å²) in [6.45, 7) is 2.73. The Kier molecular flexibility index (Phi) is 2.30. The van der Waals surface area contributed by atoms with Crippen molar-refractivity contribution in [3.63, 3.8) is 0 Å². The van der Waals surface area contributed by atoms with Gasteiger partial charge in [0.25, 0.3) is 0 Å². The Morgan fingerprint density at radius 1 is 1.50 bits per heavy atom. The van der Waals surface area contributed by atoms with Crippen LogP contribution in [0.5, 0.6) is 0 Å². The van der Waals surface area contributed by atoms with Crippen LogP contribution in [0.1, 0.15) is 13.8 Å². The average molecular weight is 125 g/mol. The second-order valence-corrected chi connectivity index (χ2v) is 1.63. The molecule has 0 spiro atoms. The molecule has 0 amide bonds. The highest BCUT2D eigenvalue weighted by Gasteiger charge is 2.29. The van der Waals surface area contributed by atoms with E-state index in [-0.39, 0.29) is 0 Å². The Morgan fingerprint density at radius 2 is 1.88 bits per heavy atom. The van der Waals surface area contributed by atoms with Crippen molar-refractivity contribution < 1.29 is 18.6 Å². The van der Waals surface area contributed by atoms with Gasteiger partial charge in [-0.15, -0.1) is 13.9 Å². The number of rotatable bonds is 2. The van der Waals surface area contributed by atoms with E-state index < -0.39 is 12.4 Å². The molecule has 49 valence electrons. The van der Waals surface area contributed by atoms with Crippen molar-refractivity contribution in [2.45, 2.75) is 26.2 Å². The number of ether oxygens (including phenoxy) is 1. The highest BCUT2D eigenvalue weighted by atomic mass is 19.3. The lowest BCUT2D eigenvalue weighted by atomic mass is 10.5. The van der Waals surface area contributed by atoms with Gasteiger partial charge < -0.3 is 0 Å². The summed E-state index contributed by atoms with van der Waals surface area (Å²) in [5.41, 5.74) is 0. The van der Waals surface area contributed by atoms with Gasteiger partial charge in [-0.1, -0.05) is 0 Å². The van der Waals surface area contributed by atoms with E-state index in [9.17, 15) is 13.9 Å². The monoisotopic (exact) mass is 125 g/mol. The zero-order chi connectivity index (χ0) is 6.78. The van der Waals surface area contributed by atoms with Gasteiger partial charge in [-0.05, 0) is 13.8 Å². The Hall–Kier alpha value is -0.220.